The van der Waals surface area contributed by atoms with Gasteiger partial charge in [-0.25, -0.2) is 17.9 Å². The number of rotatable bonds is 9. The summed E-state index contributed by atoms with van der Waals surface area (Å²) in [6, 6.07) is 3.64. The Morgan fingerprint density at radius 2 is 1.96 bits per heavy atom. The van der Waals surface area contributed by atoms with E-state index in [9.17, 15) is 13.2 Å². The maximum atomic E-state index is 12.6. The molecule has 0 fully saturated rings. The Balaban J connectivity index is 3.27. The molecule has 1 rings (SSSR count). The number of aromatic carboxylic acids is 1. The number of ether oxygens (including phenoxy) is 1. The van der Waals surface area contributed by atoms with Gasteiger partial charge < -0.3 is 15.2 Å². The fourth-order valence-electron chi connectivity index (χ4n) is 1.98. The first-order chi connectivity index (χ1) is 10.7. The number of benzene rings is 1. The summed E-state index contributed by atoms with van der Waals surface area (Å²) in [5.74, 6) is -1.18. The van der Waals surface area contributed by atoms with Gasteiger partial charge in [0.1, 0.15) is 4.90 Å². The van der Waals surface area contributed by atoms with Gasteiger partial charge in [0.2, 0.25) is 10.0 Å². The maximum Gasteiger partial charge on any atom is 0.335 e. The van der Waals surface area contributed by atoms with E-state index in [1.165, 1.54) is 19.2 Å². The summed E-state index contributed by atoms with van der Waals surface area (Å²) in [5.41, 5.74) is 0.293. The van der Waals surface area contributed by atoms with Gasteiger partial charge in [0.15, 0.2) is 0 Å². The molecule has 7 nitrogen and oxygen atoms in total. The standard InChI is InChI=1S/C15H24N2O5S/c1-5-10(2)16-13-7-6-12(15(18)19)8-14(13)23(20,21)17-11(3)9-22-4/h6-8,10-11,16-17H,5,9H2,1-4H3,(H,18,19)/t10-,11+/m1/s1. The molecule has 1 aromatic rings. The van der Waals surface area contributed by atoms with Crippen molar-refractivity contribution < 1.29 is 23.1 Å². The molecule has 0 saturated carbocycles. The third-order valence-electron chi connectivity index (χ3n) is 3.31. The van der Waals surface area contributed by atoms with E-state index in [4.69, 9.17) is 9.84 Å². The Hall–Kier alpha value is -1.64. The fourth-order valence-corrected chi connectivity index (χ4v) is 3.40. The third-order valence-corrected chi connectivity index (χ3v) is 4.93. The molecular formula is C15H24N2O5S. The van der Waals surface area contributed by atoms with Crippen molar-refractivity contribution in [3.05, 3.63) is 23.8 Å². The van der Waals surface area contributed by atoms with Gasteiger partial charge in [-0.2, -0.15) is 0 Å². The zero-order valence-electron chi connectivity index (χ0n) is 13.8. The summed E-state index contributed by atoms with van der Waals surface area (Å²) in [4.78, 5) is 11.1. The van der Waals surface area contributed by atoms with Gasteiger partial charge >= 0.3 is 5.97 Å². The first kappa shape index (κ1) is 19.4. The number of nitrogens with one attached hydrogen (secondary N) is 2. The summed E-state index contributed by atoms with van der Waals surface area (Å²) in [6.07, 6.45) is 0.799. The third kappa shape index (κ3) is 5.49. The van der Waals surface area contributed by atoms with Crippen LogP contribution in [0.3, 0.4) is 0 Å². The van der Waals surface area contributed by atoms with Crippen LogP contribution in [0.5, 0.6) is 0 Å². The van der Waals surface area contributed by atoms with Crippen LogP contribution in [0.4, 0.5) is 5.69 Å². The highest BCUT2D eigenvalue weighted by molar-refractivity contribution is 7.89. The van der Waals surface area contributed by atoms with Gasteiger partial charge in [-0.05, 0) is 38.5 Å². The Bertz CT molecular complexity index is 645. The van der Waals surface area contributed by atoms with Crippen LogP contribution in [0.25, 0.3) is 0 Å². The van der Waals surface area contributed by atoms with Gasteiger partial charge in [-0.15, -0.1) is 0 Å². The van der Waals surface area contributed by atoms with Crippen molar-refractivity contribution >= 4 is 21.7 Å². The summed E-state index contributed by atoms with van der Waals surface area (Å²) in [5, 5.41) is 12.2. The first-order valence-electron chi connectivity index (χ1n) is 7.36. The molecule has 0 unspecified atom stereocenters. The Morgan fingerprint density at radius 1 is 1.30 bits per heavy atom. The van der Waals surface area contributed by atoms with Crippen molar-refractivity contribution in [3.8, 4) is 0 Å². The molecule has 0 aliphatic carbocycles. The molecule has 3 N–H and O–H groups in total. The van der Waals surface area contributed by atoms with E-state index in [1.807, 2.05) is 13.8 Å². The Kier molecular flexibility index (Phi) is 6.99. The lowest BCUT2D eigenvalue weighted by Crippen LogP contribution is -2.36. The highest BCUT2D eigenvalue weighted by Crippen LogP contribution is 2.24. The minimum Gasteiger partial charge on any atom is -0.478 e. The van der Waals surface area contributed by atoms with Gasteiger partial charge in [0.25, 0.3) is 0 Å². The van der Waals surface area contributed by atoms with Crippen molar-refractivity contribution in [3.63, 3.8) is 0 Å². The van der Waals surface area contributed by atoms with E-state index < -0.39 is 22.0 Å². The monoisotopic (exact) mass is 344 g/mol. The second kappa shape index (κ2) is 8.28. The van der Waals surface area contributed by atoms with E-state index >= 15 is 0 Å². The molecule has 1 aromatic carbocycles. The largest absolute Gasteiger partial charge is 0.478 e. The minimum atomic E-state index is -3.88. The average molecular weight is 344 g/mol. The summed E-state index contributed by atoms with van der Waals surface area (Å²) in [6.45, 7) is 5.77. The Labute approximate surface area is 137 Å². The smallest absolute Gasteiger partial charge is 0.335 e. The molecule has 2 atom stereocenters. The van der Waals surface area contributed by atoms with Crippen LogP contribution in [-0.2, 0) is 14.8 Å². The molecule has 0 aromatic heterocycles. The number of carboxylic acids is 1. The van der Waals surface area contributed by atoms with Crippen molar-refractivity contribution in [1.82, 2.24) is 4.72 Å². The normalized spacial score (nSPS) is 14.3. The van der Waals surface area contributed by atoms with E-state index in [1.54, 1.807) is 6.92 Å². The molecule has 0 heterocycles. The second-order valence-electron chi connectivity index (χ2n) is 5.45. The molecular weight excluding hydrogens is 320 g/mol. The van der Waals surface area contributed by atoms with Crippen LogP contribution in [0.1, 0.15) is 37.6 Å². The quantitative estimate of drug-likeness (QED) is 0.632. The SMILES string of the molecule is CC[C@@H](C)Nc1ccc(C(=O)O)cc1S(=O)(=O)N[C@@H](C)COC. The number of methoxy groups -OCH3 is 1. The summed E-state index contributed by atoms with van der Waals surface area (Å²) in [7, 11) is -2.40. The lowest BCUT2D eigenvalue weighted by molar-refractivity contribution is 0.0696. The Morgan fingerprint density at radius 3 is 2.48 bits per heavy atom. The zero-order chi connectivity index (χ0) is 17.6. The number of hydrogen-bond donors (Lipinski definition) is 3. The second-order valence-corrected chi connectivity index (χ2v) is 7.13. The molecule has 8 heteroatoms. The van der Waals surface area contributed by atoms with E-state index in [0.717, 1.165) is 12.5 Å². The number of hydrogen-bond acceptors (Lipinski definition) is 5. The molecule has 0 spiro atoms. The van der Waals surface area contributed by atoms with Crippen LogP contribution in [0, 0.1) is 0 Å². The van der Waals surface area contributed by atoms with Crippen molar-refractivity contribution in [2.24, 2.45) is 0 Å². The van der Waals surface area contributed by atoms with Crippen molar-refractivity contribution in [1.29, 1.82) is 0 Å². The highest BCUT2D eigenvalue weighted by atomic mass is 32.2. The number of carboxylic acid groups (broad SMARTS) is 1. The molecule has 0 aliphatic rings. The van der Waals surface area contributed by atoms with Crippen LogP contribution in [-0.4, -0.2) is 45.3 Å². The van der Waals surface area contributed by atoms with Crippen LogP contribution < -0.4 is 10.0 Å². The topological polar surface area (TPSA) is 105 Å². The van der Waals surface area contributed by atoms with Gasteiger partial charge in [-0.3, -0.25) is 0 Å². The van der Waals surface area contributed by atoms with Crippen molar-refractivity contribution in [2.45, 2.75) is 44.2 Å². The minimum absolute atomic E-state index is 0.0519. The summed E-state index contributed by atoms with van der Waals surface area (Å²) >= 11 is 0. The molecule has 0 amide bonds. The number of carbonyl (C=O) groups is 1. The number of anilines is 1. The fraction of sp³-hybridized carbons (Fsp3) is 0.533. The predicted molar refractivity (Wildman–Crippen MR) is 88.4 cm³/mol. The highest BCUT2D eigenvalue weighted by Gasteiger charge is 2.23. The molecule has 0 radical (unpaired) electrons. The molecule has 130 valence electrons. The zero-order valence-corrected chi connectivity index (χ0v) is 14.6. The maximum absolute atomic E-state index is 12.6. The lowest BCUT2D eigenvalue weighted by Gasteiger charge is -2.19. The van der Waals surface area contributed by atoms with E-state index in [2.05, 4.69) is 10.0 Å². The molecule has 0 aliphatic heterocycles. The predicted octanol–water partition coefficient (Wildman–Crippen LogP) is 1.91. The summed E-state index contributed by atoms with van der Waals surface area (Å²) < 4.78 is 32.6. The molecule has 23 heavy (non-hydrogen) atoms. The van der Waals surface area contributed by atoms with Crippen LogP contribution >= 0.6 is 0 Å². The van der Waals surface area contributed by atoms with E-state index in [-0.39, 0.29) is 23.1 Å². The molecule has 0 saturated heterocycles. The van der Waals surface area contributed by atoms with Crippen LogP contribution in [0.2, 0.25) is 0 Å². The van der Waals surface area contributed by atoms with Crippen molar-refractivity contribution in [2.75, 3.05) is 19.0 Å². The van der Waals surface area contributed by atoms with E-state index in [0.29, 0.717) is 5.69 Å². The van der Waals surface area contributed by atoms with Gasteiger partial charge in [-0.1, -0.05) is 6.92 Å². The lowest BCUT2D eigenvalue weighted by atomic mass is 10.2. The average Bonchev–Trinajstić information content (AvgIpc) is 2.46. The van der Waals surface area contributed by atoms with Crippen LogP contribution in [0.15, 0.2) is 23.1 Å². The number of sulfonamides is 1. The first-order valence-corrected chi connectivity index (χ1v) is 8.84. The van der Waals surface area contributed by atoms with Gasteiger partial charge in [0, 0.05) is 19.2 Å². The molecule has 0 bridgehead atoms. The van der Waals surface area contributed by atoms with Gasteiger partial charge in [0.05, 0.1) is 17.9 Å².